The summed E-state index contributed by atoms with van der Waals surface area (Å²) < 4.78 is 11.9. The molecule has 1 amide bonds. The van der Waals surface area contributed by atoms with E-state index >= 15 is 0 Å². The van der Waals surface area contributed by atoms with Gasteiger partial charge in [0.1, 0.15) is 11.4 Å². The number of benzene rings is 1. The third-order valence-corrected chi connectivity index (χ3v) is 4.34. The minimum absolute atomic E-state index is 0.219. The minimum Gasteiger partial charge on any atom is -0.496 e. The molecule has 0 aromatic heterocycles. The average Bonchev–Trinajstić information content (AvgIpc) is 2.38. The van der Waals surface area contributed by atoms with Crippen molar-refractivity contribution in [1.82, 2.24) is 10.2 Å². The van der Waals surface area contributed by atoms with Crippen LogP contribution in [0.25, 0.3) is 0 Å². The SMILES string of the molecule is COc1c(C)cc(Br)cc1CNCC1CN(C(=O)OC(C)(C)C)C1. The van der Waals surface area contributed by atoms with Gasteiger partial charge in [-0.25, -0.2) is 4.79 Å². The van der Waals surface area contributed by atoms with Gasteiger partial charge in [0.05, 0.1) is 7.11 Å². The highest BCUT2D eigenvalue weighted by Crippen LogP contribution is 2.28. The Bertz CT molecular complexity index is 593. The smallest absolute Gasteiger partial charge is 0.410 e. The highest BCUT2D eigenvalue weighted by molar-refractivity contribution is 9.10. The first-order valence-corrected chi connectivity index (χ1v) is 9.00. The molecule has 0 saturated carbocycles. The Kier molecular flexibility index (Phi) is 6.15. The first-order valence-electron chi connectivity index (χ1n) is 8.21. The summed E-state index contributed by atoms with van der Waals surface area (Å²) in [6.45, 7) is 10.8. The van der Waals surface area contributed by atoms with Crippen molar-refractivity contribution in [2.45, 2.75) is 39.8 Å². The van der Waals surface area contributed by atoms with Crippen LogP contribution in [-0.4, -0.2) is 43.3 Å². The second-order valence-corrected chi connectivity index (χ2v) is 8.21. The van der Waals surface area contributed by atoms with Crippen molar-refractivity contribution in [3.8, 4) is 5.75 Å². The Labute approximate surface area is 152 Å². The second-order valence-electron chi connectivity index (χ2n) is 7.30. The maximum atomic E-state index is 11.9. The summed E-state index contributed by atoms with van der Waals surface area (Å²) in [6.07, 6.45) is -0.219. The number of hydrogen-bond acceptors (Lipinski definition) is 4. The fourth-order valence-electron chi connectivity index (χ4n) is 2.81. The summed E-state index contributed by atoms with van der Waals surface area (Å²) in [5, 5.41) is 3.46. The fourth-order valence-corrected chi connectivity index (χ4v) is 3.43. The molecule has 1 aliphatic rings. The van der Waals surface area contributed by atoms with E-state index in [1.807, 2.05) is 33.8 Å². The van der Waals surface area contributed by atoms with E-state index in [1.54, 1.807) is 12.0 Å². The van der Waals surface area contributed by atoms with Crippen molar-refractivity contribution in [2.75, 3.05) is 26.7 Å². The lowest BCUT2D eigenvalue weighted by molar-refractivity contribution is -0.000801. The molecule has 2 rings (SSSR count). The topological polar surface area (TPSA) is 50.8 Å². The number of rotatable bonds is 5. The van der Waals surface area contributed by atoms with Gasteiger partial charge >= 0.3 is 6.09 Å². The van der Waals surface area contributed by atoms with Gasteiger partial charge in [-0.15, -0.1) is 0 Å². The van der Waals surface area contributed by atoms with E-state index in [0.29, 0.717) is 5.92 Å². The van der Waals surface area contributed by atoms with Crippen molar-refractivity contribution in [3.63, 3.8) is 0 Å². The first-order chi connectivity index (χ1) is 11.2. The molecule has 1 heterocycles. The molecule has 0 radical (unpaired) electrons. The van der Waals surface area contributed by atoms with E-state index in [2.05, 4.69) is 27.3 Å². The number of ether oxygens (including phenoxy) is 2. The van der Waals surface area contributed by atoms with E-state index in [0.717, 1.165) is 47.5 Å². The number of methoxy groups -OCH3 is 1. The molecule has 0 unspecified atom stereocenters. The average molecular weight is 399 g/mol. The van der Waals surface area contributed by atoms with E-state index in [1.165, 1.54) is 0 Å². The molecule has 1 aromatic rings. The Balaban J connectivity index is 1.76. The summed E-state index contributed by atoms with van der Waals surface area (Å²) in [5.74, 6) is 1.39. The van der Waals surface area contributed by atoms with Crippen LogP contribution in [-0.2, 0) is 11.3 Å². The lowest BCUT2D eigenvalue weighted by atomic mass is 10.0. The third-order valence-electron chi connectivity index (χ3n) is 3.88. The van der Waals surface area contributed by atoms with E-state index < -0.39 is 5.60 Å². The zero-order valence-electron chi connectivity index (χ0n) is 15.1. The van der Waals surface area contributed by atoms with Gasteiger partial charge in [-0.2, -0.15) is 0 Å². The zero-order chi connectivity index (χ0) is 17.9. The Hall–Kier alpha value is -1.27. The van der Waals surface area contributed by atoms with E-state index in [9.17, 15) is 4.79 Å². The molecule has 1 fully saturated rings. The standard InChI is InChI=1S/C18H27BrN2O3/c1-12-6-15(19)7-14(16(12)23-5)9-20-8-13-10-21(11-13)17(22)24-18(2,3)4/h6-7,13,20H,8-11H2,1-5H3. The number of aryl methyl sites for hydroxylation is 1. The Morgan fingerprint density at radius 2 is 2.04 bits per heavy atom. The molecule has 1 N–H and O–H groups in total. The van der Waals surface area contributed by atoms with Crippen molar-refractivity contribution in [2.24, 2.45) is 5.92 Å². The number of nitrogens with zero attached hydrogens (tertiary/aromatic N) is 1. The van der Waals surface area contributed by atoms with Crippen LogP contribution in [0.15, 0.2) is 16.6 Å². The van der Waals surface area contributed by atoms with Crippen LogP contribution in [0.3, 0.4) is 0 Å². The summed E-state index contributed by atoms with van der Waals surface area (Å²) in [6, 6.07) is 4.12. The molecule has 1 aromatic carbocycles. The number of halogens is 1. The quantitative estimate of drug-likeness (QED) is 0.820. The number of carbonyl (C=O) groups is 1. The molecule has 0 bridgehead atoms. The fraction of sp³-hybridized carbons (Fsp3) is 0.611. The van der Waals surface area contributed by atoms with Crippen molar-refractivity contribution >= 4 is 22.0 Å². The van der Waals surface area contributed by atoms with Gasteiger partial charge in [-0.3, -0.25) is 0 Å². The van der Waals surface area contributed by atoms with Crippen LogP contribution >= 0.6 is 15.9 Å². The number of likely N-dealkylation sites (tertiary alicyclic amines) is 1. The second kappa shape index (κ2) is 7.74. The van der Waals surface area contributed by atoms with Crippen molar-refractivity contribution < 1.29 is 14.3 Å². The molecule has 1 saturated heterocycles. The van der Waals surface area contributed by atoms with Gasteiger partial charge < -0.3 is 19.7 Å². The van der Waals surface area contributed by atoms with Gasteiger partial charge in [0.2, 0.25) is 0 Å². The van der Waals surface area contributed by atoms with E-state index in [-0.39, 0.29) is 6.09 Å². The molecule has 1 aliphatic heterocycles. The lowest BCUT2D eigenvalue weighted by Crippen LogP contribution is -2.54. The predicted octanol–water partition coefficient (Wildman–Crippen LogP) is 3.72. The number of amides is 1. The van der Waals surface area contributed by atoms with Crippen LogP contribution in [0.2, 0.25) is 0 Å². The van der Waals surface area contributed by atoms with Gasteiger partial charge in [-0.1, -0.05) is 15.9 Å². The summed E-state index contributed by atoms with van der Waals surface area (Å²) in [4.78, 5) is 13.7. The molecule has 24 heavy (non-hydrogen) atoms. The van der Waals surface area contributed by atoms with Crippen LogP contribution in [0.4, 0.5) is 4.79 Å². The first kappa shape index (κ1) is 19.1. The zero-order valence-corrected chi connectivity index (χ0v) is 16.7. The molecular weight excluding hydrogens is 372 g/mol. The van der Waals surface area contributed by atoms with Gasteiger partial charge in [0.15, 0.2) is 0 Å². The molecule has 6 heteroatoms. The highest BCUT2D eigenvalue weighted by Gasteiger charge is 2.33. The number of hydrogen-bond donors (Lipinski definition) is 1. The summed E-state index contributed by atoms with van der Waals surface area (Å²) >= 11 is 3.53. The van der Waals surface area contributed by atoms with Crippen LogP contribution in [0, 0.1) is 12.8 Å². The normalized spacial score (nSPS) is 15.2. The summed E-state index contributed by atoms with van der Waals surface area (Å²) in [5.41, 5.74) is 1.81. The Morgan fingerprint density at radius 3 is 2.62 bits per heavy atom. The summed E-state index contributed by atoms with van der Waals surface area (Å²) in [7, 11) is 1.70. The monoisotopic (exact) mass is 398 g/mol. The number of nitrogens with one attached hydrogen (secondary N) is 1. The predicted molar refractivity (Wildman–Crippen MR) is 98.4 cm³/mol. The van der Waals surface area contributed by atoms with Gasteiger partial charge in [-0.05, 0) is 45.4 Å². The van der Waals surface area contributed by atoms with Gasteiger partial charge in [0.25, 0.3) is 0 Å². The number of carbonyl (C=O) groups excluding carboxylic acids is 1. The van der Waals surface area contributed by atoms with Crippen molar-refractivity contribution in [3.05, 3.63) is 27.7 Å². The molecule has 0 atom stereocenters. The van der Waals surface area contributed by atoms with Gasteiger partial charge in [0, 0.05) is 42.1 Å². The van der Waals surface area contributed by atoms with Crippen LogP contribution in [0.1, 0.15) is 31.9 Å². The van der Waals surface area contributed by atoms with Crippen molar-refractivity contribution in [1.29, 1.82) is 0 Å². The Morgan fingerprint density at radius 1 is 1.38 bits per heavy atom. The lowest BCUT2D eigenvalue weighted by Gasteiger charge is -2.39. The molecular formula is C18H27BrN2O3. The molecule has 134 valence electrons. The maximum Gasteiger partial charge on any atom is 0.410 e. The maximum absolute atomic E-state index is 11.9. The highest BCUT2D eigenvalue weighted by atomic mass is 79.9. The van der Waals surface area contributed by atoms with Crippen LogP contribution < -0.4 is 10.1 Å². The molecule has 5 nitrogen and oxygen atoms in total. The van der Waals surface area contributed by atoms with E-state index in [4.69, 9.17) is 9.47 Å². The largest absolute Gasteiger partial charge is 0.496 e. The third kappa shape index (κ3) is 5.11. The van der Waals surface area contributed by atoms with Crippen LogP contribution in [0.5, 0.6) is 5.75 Å². The minimum atomic E-state index is -0.435. The molecule has 0 aliphatic carbocycles. The molecule has 0 spiro atoms.